The first kappa shape index (κ1) is 14.5. The summed E-state index contributed by atoms with van der Waals surface area (Å²) >= 11 is 0. The average Bonchev–Trinajstić information content (AvgIpc) is 2.54. The molecule has 0 aromatic heterocycles. The lowest BCUT2D eigenvalue weighted by molar-refractivity contribution is 0.385. The van der Waals surface area contributed by atoms with Crippen LogP contribution >= 0.6 is 0 Å². The van der Waals surface area contributed by atoms with E-state index >= 15 is 0 Å². The number of hydrogen-bond acceptors (Lipinski definition) is 3. The van der Waals surface area contributed by atoms with E-state index in [4.69, 9.17) is 10.5 Å². The number of benzene rings is 2. The third-order valence-corrected chi connectivity index (χ3v) is 4.33. The fraction of sp³-hybridized carbons (Fsp3) is 0.316. The second kappa shape index (κ2) is 6.11. The molecular weight excluding hydrogens is 272 g/mol. The van der Waals surface area contributed by atoms with Crippen molar-refractivity contribution in [3.8, 4) is 11.8 Å². The Kier molecular flexibility index (Phi) is 4.02. The van der Waals surface area contributed by atoms with Gasteiger partial charge in [0.05, 0.1) is 5.57 Å². The molecule has 3 heteroatoms. The van der Waals surface area contributed by atoms with Gasteiger partial charge >= 0.3 is 0 Å². The highest BCUT2D eigenvalue weighted by Crippen LogP contribution is 2.44. The van der Waals surface area contributed by atoms with Gasteiger partial charge in [0.2, 0.25) is 5.88 Å². The van der Waals surface area contributed by atoms with Crippen LogP contribution in [0, 0.1) is 11.3 Å². The molecule has 0 bridgehead atoms. The van der Waals surface area contributed by atoms with E-state index in [1.807, 2.05) is 24.3 Å². The zero-order chi connectivity index (χ0) is 15.5. The molecule has 1 unspecified atom stereocenters. The molecule has 1 heterocycles. The van der Waals surface area contributed by atoms with Crippen LogP contribution in [0.15, 0.2) is 47.9 Å². The van der Waals surface area contributed by atoms with Crippen LogP contribution in [0.1, 0.15) is 44.1 Å². The fourth-order valence-electron chi connectivity index (χ4n) is 3.23. The Morgan fingerprint density at radius 2 is 2.00 bits per heavy atom. The van der Waals surface area contributed by atoms with Crippen LogP contribution in [0.4, 0.5) is 0 Å². The highest BCUT2D eigenvalue weighted by atomic mass is 16.5. The normalized spacial score (nSPS) is 17.0. The molecule has 0 radical (unpaired) electrons. The zero-order valence-corrected chi connectivity index (χ0v) is 12.8. The maximum Gasteiger partial charge on any atom is 0.205 e. The highest BCUT2D eigenvalue weighted by Gasteiger charge is 2.30. The number of nitriles is 1. The van der Waals surface area contributed by atoms with Crippen molar-refractivity contribution in [3.63, 3.8) is 0 Å². The van der Waals surface area contributed by atoms with Crippen molar-refractivity contribution in [2.24, 2.45) is 5.73 Å². The maximum absolute atomic E-state index is 9.52. The van der Waals surface area contributed by atoms with E-state index in [9.17, 15) is 5.26 Å². The van der Waals surface area contributed by atoms with Gasteiger partial charge in [-0.1, -0.05) is 56.5 Å². The molecule has 22 heavy (non-hydrogen) atoms. The molecule has 2 aromatic carbocycles. The Morgan fingerprint density at radius 1 is 1.18 bits per heavy atom. The number of unbranched alkanes of at least 4 members (excludes halogenated alkanes) is 2. The van der Waals surface area contributed by atoms with Crippen LogP contribution in [0.5, 0.6) is 5.75 Å². The Hall–Kier alpha value is -2.47. The lowest BCUT2D eigenvalue weighted by Crippen LogP contribution is -2.20. The Balaban J connectivity index is 2.14. The van der Waals surface area contributed by atoms with E-state index < -0.39 is 0 Å². The monoisotopic (exact) mass is 292 g/mol. The van der Waals surface area contributed by atoms with Crippen LogP contribution in [-0.4, -0.2) is 0 Å². The summed E-state index contributed by atoms with van der Waals surface area (Å²) in [5, 5.41) is 11.8. The summed E-state index contributed by atoms with van der Waals surface area (Å²) in [6.45, 7) is 2.18. The fourth-order valence-corrected chi connectivity index (χ4v) is 3.23. The summed E-state index contributed by atoms with van der Waals surface area (Å²) in [5.41, 5.74) is 7.66. The molecule has 0 amide bonds. The lowest BCUT2D eigenvalue weighted by Gasteiger charge is -2.27. The van der Waals surface area contributed by atoms with E-state index in [-0.39, 0.29) is 11.8 Å². The van der Waals surface area contributed by atoms with Gasteiger partial charge in [-0.05, 0) is 23.3 Å². The van der Waals surface area contributed by atoms with E-state index in [0.717, 1.165) is 42.4 Å². The summed E-state index contributed by atoms with van der Waals surface area (Å²) in [6, 6.07) is 14.5. The van der Waals surface area contributed by atoms with Gasteiger partial charge in [-0.25, -0.2) is 0 Å². The van der Waals surface area contributed by atoms with Gasteiger partial charge in [0.25, 0.3) is 0 Å². The Bertz CT molecular complexity index is 771. The Morgan fingerprint density at radius 3 is 2.77 bits per heavy atom. The van der Waals surface area contributed by atoms with E-state index in [1.54, 1.807) is 0 Å². The van der Waals surface area contributed by atoms with Crippen molar-refractivity contribution in [2.45, 2.75) is 38.5 Å². The minimum absolute atomic E-state index is 0.0337. The molecule has 1 aliphatic heterocycles. The standard InChI is InChI=1S/C19H20N2O/c1-2-3-4-9-15-16(12-20)19(21)22-17-11-10-13-7-5-6-8-14(13)18(15)17/h5-8,10-11,15H,2-4,9,21H2,1H3. The first-order valence-corrected chi connectivity index (χ1v) is 7.85. The number of ether oxygens (including phenoxy) is 1. The summed E-state index contributed by atoms with van der Waals surface area (Å²) in [5.74, 6) is 1.08. The first-order chi connectivity index (χ1) is 10.8. The molecule has 0 fully saturated rings. The van der Waals surface area contributed by atoms with Crippen molar-refractivity contribution in [2.75, 3.05) is 0 Å². The van der Waals surface area contributed by atoms with Gasteiger partial charge in [-0.15, -0.1) is 0 Å². The van der Waals surface area contributed by atoms with Crippen LogP contribution in [0.25, 0.3) is 10.8 Å². The lowest BCUT2D eigenvalue weighted by atomic mass is 9.82. The number of nitrogens with zero attached hydrogens (tertiary/aromatic N) is 1. The molecular formula is C19H20N2O. The topological polar surface area (TPSA) is 59.0 Å². The van der Waals surface area contributed by atoms with E-state index in [1.165, 1.54) is 5.39 Å². The predicted molar refractivity (Wildman–Crippen MR) is 88.3 cm³/mol. The van der Waals surface area contributed by atoms with Crippen molar-refractivity contribution in [1.82, 2.24) is 0 Å². The molecule has 1 atom stereocenters. The largest absolute Gasteiger partial charge is 0.440 e. The number of hydrogen-bond donors (Lipinski definition) is 1. The summed E-state index contributed by atoms with van der Waals surface area (Å²) < 4.78 is 5.71. The van der Waals surface area contributed by atoms with Crippen molar-refractivity contribution in [1.29, 1.82) is 5.26 Å². The van der Waals surface area contributed by atoms with Crippen molar-refractivity contribution < 1.29 is 4.74 Å². The van der Waals surface area contributed by atoms with Crippen LogP contribution in [0.3, 0.4) is 0 Å². The molecule has 3 rings (SSSR count). The van der Waals surface area contributed by atoms with Gasteiger partial charge in [0.15, 0.2) is 0 Å². The molecule has 0 saturated carbocycles. The number of rotatable bonds is 4. The summed E-state index contributed by atoms with van der Waals surface area (Å²) in [6.07, 6.45) is 4.34. The molecule has 0 saturated heterocycles. The zero-order valence-electron chi connectivity index (χ0n) is 12.8. The van der Waals surface area contributed by atoms with Gasteiger partial charge in [0.1, 0.15) is 11.8 Å². The Labute approximate surface area is 131 Å². The van der Waals surface area contributed by atoms with Gasteiger partial charge in [0, 0.05) is 11.5 Å². The second-order valence-corrected chi connectivity index (χ2v) is 5.74. The van der Waals surface area contributed by atoms with Gasteiger partial charge in [-0.2, -0.15) is 5.26 Å². The third kappa shape index (κ3) is 2.42. The first-order valence-electron chi connectivity index (χ1n) is 7.85. The van der Waals surface area contributed by atoms with Gasteiger partial charge in [-0.3, -0.25) is 0 Å². The van der Waals surface area contributed by atoms with Crippen LogP contribution in [-0.2, 0) is 0 Å². The summed E-state index contributed by atoms with van der Waals surface area (Å²) in [4.78, 5) is 0. The SMILES string of the molecule is CCCCCC1C(C#N)=C(N)Oc2ccc3ccccc3c21. The number of allylic oxidation sites excluding steroid dienone is 1. The molecule has 112 valence electrons. The molecule has 0 aliphatic carbocycles. The van der Waals surface area contributed by atoms with Crippen molar-refractivity contribution >= 4 is 10.8 Å². The van der Waals surface area contributed by atoms with Crippen LogP contribution < -0.4 is 10.5 Å². The number of fused-ring (bicyclic) bond motifs is 3. The molecule has 3 nitrogen and oxygen atoms in total. The van der Waals surface area contributed by atoms with E-state index in [2.05, 4.69) is 25.1 Å². The minimum Gasteiger partial charge on any atom is -0.440 e. The molecule has 1 aliphatic rings. The smallest absolute Gasteiger partial charge is 0.205 e. The van der Waals surface area contributed by atoms with E-state index in [0.29, 0.717) is 5.57 Å². The average molecular weight is 292 g/mol. The van der Waals surface area contributed by atoms with Crippen molar-refractivity contribution in [3.05, 3.63) is 53.4 Å². The van der Waals surface area contributed by atoms with Crippen LogP contribution in [0.2, 0.25) is 0 Å². The summed E-state index contributed by atoms with van der Waals surface area (Å²) in [7, 11) is 0. The minimum atomic E-state index is 0.0337. The predicted octanol–water partition coefficient (Wildman–Crippen LogP) is 4.59. The van der Waals surface area contributed by atoms with Gasteiger partial charge < -0.3 is 10.5 Å². The maximum atomic E-state index is 9.52. The highest BCUT2D eigenvalue weighted by molar-refractivity contribution is 5.89. The quantitative estimate of drug-likeness (QED) is 0.838. The second-order valence-electron chi connectivity index (χ2n) is 5.74. The third-order valence-electron chi connectivity index (χ3n) is 4.33. The molecule has 0 spiro atoms. The number of nitrogens with two attached hydrogens (primary N) is 1. The molecule has 2 aromatic rings. The molecule has 2 N–H and O–H groups in total.